The van der Waals surface area contributed by atoms with Gasteiger partial charge in [-0.1, -0.05) is 23.7 Å². The van der Waals surface area contributed by atoms with Gasteiger partial charge in [0.25, 0.3) is 0 Å². The molecular weight excluding hydrogens is 272 g/mol. The van der Waals surface area contributed by atoms with E-state index >= 15 is 0 Å². The third-order valence-electron chi connectivity index (χ3n) is 2.57. The van der Waals surface area contributed by atoms with Gasteiger partial charge in [-0.05, 0) is 44.0 Å². The van der Waals surface area contributed by atoms with E-state index in [0.29, 0.717) is 24.4 Å². The summed E-state index contributed by atoms with van der Waals surface area (Å²) in [7, 11) is -3.26. The normalized spacial score (nSPS) is 13.5. The summed E-state index contributed by atoms with van der Waals surface area (Å²) in [4.78, 5) is 0. The van der Waals surface area contributed by atoms with Crippen LogP contribution in [0.1, 0.15) is 31.4 Å². The molecule has 1 rings (SSSR count). The van der Waals surface area contributed by atoms with Gasteiger partial charge in [0, 0.05) is 11.1 Å². The molecule has 0 aliphatic heterocycles. The summed E-state index contributed by atoms with van der Waals surface area (Å²) in [6, 6.07) is 6.88. The lowest BCUT2D eigenvalue weighted by Gasteiger charge is -2.14. The Labute approximate surface area is 114 Å². The van der Waals surface area contributed by atoms with Gasteiger partial charge in [-0.3, -0.25) is 0 Å². The lowest BCUT2D eigenvalue weighted by molar-refractivity contribution is 0.563. The van der Waals surface area contributed by atoms with E-state index in [1.807, 2.05) is 6.07 Å². The second kappa shape index (κ2) is 7.09. The molecule has 1 aromatic carbocycles. The van der Waals surface area contributed by atoms with Gasteiger partial charge >= 0.3 is 0 Å². The smallest absolute Gasteiger partial charge is 0.212 e. The minimum atomic E-state index is -3.26. The fourth-order valence-electron chi connectivity index (χ4n) is 1.61. The molecule has 102 valence electrons. The Morgan fingerprint density at radius 3 is 2.72 bits per heavy atom. The summed E-state index contributed by atoms with van der Waals surface area (Å²) in [6.07, 6.45) is 1.29. The van der Waals surface area contributed by atoms with Crippen LogP contribution in [0, 0.1) is 0 Å². The summed E-state index contributed by atoms with van der Waals surface area (Å²) in [5.74, 6) is 0.106. The van der Waals surface area contributed by atoms with E-state index < -0.39 is 10.0 Å². The highest BCUT2D eigenvalue weighted by molar-refractivity contribution is 7.89. The lowest BCUT2D eigenvalue weighted by atomic mass is 10.1. The van der Waals surface area contributed by atoms with Gasteiger partial charge in [-0.25, -0.2) is 13.1 Å². The number of nitrogens with two attached hydrogens (primary N) is 1. The van der Waals surface area contributed by atoms with Gasteiger partial charge in [0.2, 0.25) is 10.0 Å². The van der Waals surface area contributed by atoms with Crippen molar-refractivity contribution in [2.75, 3.05) is 12.3 Å². The second-order valence-electron chi connectivity index (χ2n) is 4.21. The van der Waals surface area contributed by atoms with E-state index in [0.717, 1.165) is 5.56 Å². The maximum absolute atomic E-state index is 11.8. The van der Waals surface area contributed by atoms with Crippen LogP contribution in [0.4, 0.5) is 0 Å². The van der Waals surface area contributed by atoms with Crippen LogP contribution in [0.25, 0.3) is 0 Å². The van der Waals surface area contributed by atoms with Crippen LogP contribution in [-0.4, -0.2) is 20.7 Å². The number of hydrogen-bond donors (Lipinski definition) is 2. The highest BCUT2D eigenvalue weighted by Gasteiger charge is 2.15. The van der Waals surface area contributed by atoms with E-state index in [1.54, 1.807) is 25.1 Å². The van der Waals surface area contributed by atoms with Crippen molar-refractivity contribution in [3.63, 3.8) is 0 Å². The van der Waals surface area contributed by atoms with E-state index in [1.165, 1.54) is 0 Å². The SMILES string of the molecule is CC(NS(=O)(=O)CCCCN)c1cccc(Cl)c1. The number of sulfonamides is 1. The van der Waals surface area contributed by atoms with Crippen LogP contribution in [-0.2, 0) is 10.0 Å². The third-order valence-corrected chi connectivity index (χ3v) is 4.35. The molecule has 0 bridgehead atoms. The van der Waals surface area contributed by atoms with E-state index in [2.05, 4.69) is 4.72 Å². The quantitative estimate of drug-likeness (QED) is 0.755. The molecular formula is C12H19ClN2O2S. The summed E-state index contributed by atoms with van der Waals surface area (Å²) in [6.45, 7) is 2.31. The van der Waals surface area contributed by atoms with Crippen molar-refractivity contribution < 1.29 is 8.42 Å². The summed E-state index contributed by atoms with van der Waals surface area (Å²) in [5.41, 5.74) is 6.19. The Morgan fingerprint density at radius 1 is 1.39 bits per heavy atom. The number of unbranched alkanes of at least 4 members (excludes halogenated alkanes) is 1. The second-order valence-corrected chi connectivity index (χ2v) is 6.52. The molecule has 0 fully saturated rings. The highest BCUT2D eigenvalue weighted by Crippen LogP contribution is 2.18. The summed E-state index contributed by atoms with van der Waals surface area (Å²) < 4.78 is 26.2. The van der Waals surface area contributed by atoms with Gasteiger partial charge < -0.3 is 5.73 Å². The zero-order valence-electron chi connectivity index (χ0n) is 10.4. The van der Waals surface area contributed by atoms with Crippen molar-refractivity contribution >= 4 is 21.6 Å². The molecule has 1 unspecified atom stereocenters. The molecule has 0 amide bonds. The fourth-order valence-corrected chi connectivity index (χ4v) is 3.18. The maximum Gasteiger partial charge on any atom is 0.212 e. The predicted molar refractivity (Wildman–Crippen MR) is 75.1 cm³/mol. The first-order valence-electron chi connectivity index (χ1n) is 5.90. The predicted octanol–water partition coefficient (Wildman–Crippen LogP) is 2.06. The first-order chi connectivity index (χ1) is 8.44. The topological polar surface area (TPSA) is 72.2 Å². The van der Waals surface area contributed by atoms with E-state index in [9.17, 15) is 8.42 Å². The van der Waals surface area contributed by atoms with Crippen LogP contribution in [0.2, 0.25) is 5.02 Å². The third kappa shape index (κ3) is 5.35. The Morgan fingerprint density at radius 2 is 2.11 bits per heavy atom. The molecule has 4 nitrogen and oxygen atoms in total. The average molecular weight is 291 g/mol. The Hall–Kier alpha value is -0.620. The van der Waals surface area contributed by atoms with Gasteiger partial charge in [0.15, 0.2) is 0 Å². The molecule has 1 atom stereocenters. The molecule has 0 spiro atoms. The van der Waals surface area contributed by atoms with Crippen molar-refractivity contribution in [3.8, 4) is 0 Å². The zero-order chi connectivity index (χ0) is 13.6. The molecule has 0 radical (unpaired) electrons. The number of hydrogen-bond acceptors (Lipinski definition) is 3. The lowest BCUT2D eigenvalue weighted by Crippen LogP contribution is -2.29. The van der Waals surface area contributed by atoms with Gasteiger partial charge in [0.05, 0.1) is 5.75 Å². The largest absolute Gasteiger partial charge is 0.330 e. The average Bonchev–Trinajstić information content (AvgIpc) is 2.28. The van der Waals surface area contributed by atoms with Crippen molar-refractivity contribution in [1.29, 1.82) is 0 Å². The molecule has 0 saturated heterocycles. The molecule has 1 aromatic rings. The standard InChI is InChI=1S/C12H19ClN2O2S/c1-10(11-5-4-6-12(13)9-11)15-18(16,17)8-3-2-7-14/h4-6,9-10,15H,2-3,7-8,14H2,1H3. The van der Waals surface area contributed by atoms with Crippen molar-refractivity contribution in [3.05, 3.63) is 34.9 Å². The Bertz CT molecular complexity index is 477. The van der Waals surface area contributed by atoms with E-state index in [4.69, 9.17) is 17.3 Å². The minimum absolute atomic E-state index is 0.106. The fraction of sp³-hybridized carbons (Fsp3) is 0.500. The number of nitrogens with one attached hydrogen (secondary N) is 1. The van der Waals surface area contributed by atoms with Gasteiger partial charge in [0.1, 0.15) is 0 Å². The molecule has 0 aliphatic rings. The molecule has 0 saturated carbocycles. The molecule has 0 aromatic heterocycles. The number of halogens is 1. The molecule has 18 heavy (non-hydrogen) atoms. The summed E-state index contributed by atoms with van der Waals surface area (Å²) in [5, 5.41) is 0.599. The van der Waals surface area contributed by atoms with Crippen molar-refractivity contribution in [2.24, 2.45) is 5.73 Å². The Balaban J connectivity index is 2.61. The van der Waals surface area contributed by atoms with E-state index in [-0.39, 0.29) is 11.8 Å². The first-order valence-corrected chi connectivity index (χ1v) is 7.93. The van der Waals surface area contributed by atoms with Crippen LogP contribution < -0.4 is 10.5 Å². The minimum Gasteiger partial charge on any atom is -0.330 e. The zero-order valence-corrected chi connectivity index (χ0v) is 12.0. The van der Waals surface area contributed by atoms with Crippen LogP contribution in [0.5, 0.6) is 0 Å². The highest BCUT2D eigenvalue weighted by atomic mass is 35.5. The molecule has 3 N–H and O–H groups in total. The molecule has 6 heteroatoms. The van der Waals surface area contributed by atoms with Crippen molar-refractivity contribution in [2.45, 2.75) is 25.8 Å². The Kier molecular flexibility index (Phi) is 6.08. The molecule has 0 heterocycles. The van der Waals surface area contributed by atoms with Crippen LogP contribution >= 0.6 is 11.6 Å². The van der Waals surface area contributed by atoms with Gasteiger partial charge in [-0.2, -0.15) is 0 Å². The van der Waals surface area contributed by atoms with Gasteiger partial charge in [-0.15, -0.1) is 0 Å². The molecule has 0 aliphatic carbocycles. The number of benzene rings is 1. The first kappa shape index (κ1) is 15.4. The summed E-state index contributed by atoms with van der Waals surface area (Å²) >= 11 is 5.87. The van der Waals surface area contributed by atoms with Crippen LogP contribution in [0.3, 0.4) is 0 Å². The van der Waals surface area contributed by atoms with Crippen molar-refractivity contribution in [1.82, 2.24) is 4.72 Å². The van der Waals surface area contributed by atoms with Crippen LogP contribution in [0.15, 0.2) is 24.3 Å². The number of rotatable bonds is 7. The maximum atomic E-state index is 11.8. The monoisotopic (exact) mass is 290 g/mol.